The molecule has 1 fully saturated rings. The molecule has 204 valence electrons. The van der Waals surface area contributed by atoms with Crippen LogP contribution in [0.2, 0.25) is 0 Å². The number of hydrogen-bond donors (Lipinski definition) is 0. The van der Waals surface area contributed by atoms with Crippen LogP contribution in [-0.2, 0) is 23.1 Å². The third-order valence-corrected chi connectivity index (χ3v) is 7.38. The van der Waals surface area contributed by atoms with Gasteiger partial charge in [-0.25, -0.2) is 0 Å². The number of rotatable bonds is 22. The van der Waals surface area contributed by atoms with Crippen molar-refractivity contribution in [3.63, 3.8) is 0 Å². The lowest BCUT2D eigenvalue weighted by Crippen LogP contribution is -2.41. The van der Waals surface area contributed by atoms with Crippen LogP contribution in [0.4, 0.5) is 0 Å². The van der Waals surface area contributed by atoms with Crippen molar-refractivity contribution in [2.24, 2.45) is 0 Å². The van der Waals surface area contributed by atoms with Crippen LogP contribution in [0.5, 0.6) is 0 Å². The van der Waals surface area contributed by atoms with Crippen LogP contribution in [0.1, 0.15) is 103 Å². The van der Waals surface area contributed by atoms with E-state index < -0.39 is 7.82 Å². The van der Waals surface area contributed by atoms with Crippen LogP contribution in [0, 0.1) is 0 Å². The van der Waals surface area contributed by atoms with Crippen LogP contribution in [0.3, 0.4) is 0 Å². The fraction of sp³-hybridized carbons (Fsp3) is 1.00. The average Bonchev–Trinajstić information content (AvgIpc) is 2.77. The van der Waals surface area contributed by atoms with E-state index in [1.165, 1.54) is 83.5 Å². The quantitative estimate of drug-likeness (QED) is 0.104. The van der Waals surface area contributed by atoms with Gasteiger partial charge in [0.15, 0.2) is 0 Å². The monoisotopic (exact) mass is 507 g/mol. The fourth-order valence-electron chi connectivity index (χ4n) is 4.21. The summed E-state index contributed by atoms with van der Waals surface area (Å²) in [6.07, 6.45) is 19.0. The Morgan fingerprint density at radius 2 is 1.24 bits per heavy atom. The van der Waals surface area contributed by atoms with E-state index in [2.05, 4.69) is 6.92 Å². The first-order valence-electron chi connectivity index (χ1n) is 13.9. The SMILES string of the molecule is CCCCCCCCCCCCCCCC[C@H]1OCCO[C@@H]1COP(=O)([O-])OCC[N+](C)(C)C. The van der Waals surface area contributed by atoms with Gasteiger partial charge in [0.05, 0.1) is 47.1 Å². The maximum Gasteiger partial charge on any atom is 0.268 e. The molecule has 0 amide bonds. The van der Waals surface area contributed by atoms with Gasteiger partial charge >= 0.3 is 0 Å². The highest BCUT2D eigenvalue weighted by atomic mass is 31.2. The molecule has 0 aromatic carbocycles. The van der Waals surface area contributed by atoms with Gasteiger partial charge in [0.2, 0.25) is 0 Å². The lowest BCUT2D eigenvalue weighted by atomic mass is 10.0. The molecule has 0 aliphatic carbocycles. The molecule has 1 heterocycles. The van der Waals surface area contributed by atoms with Gasteiger partial charge in [0.25, 0.3) is 7.82 Å². The second kappa shape index (κ2) is 19.1. The van der Waals surface area contributed by atoms with Gasteiger partial charge < -0.3 is 27.9 Å². The van der Waals surface area contributed by atoms with E-state index in [0.717, 1.165) is 12.8 Å². The van der Waals surface area contributed by atoms with Gasteiger partial charge in [-0.2, -0.15) is 0 Å². The third kappa shape index (κ3) is 18.3. The van der Waals surface area contributed by atoms with Crippen LogP contribution < -0.4 is 4.89 Å². The predicted octanol–water partition coefficient (Wildman–Crippen LogP) is 5.85. The molecular formula is C26H54NO6P. The lowest BCUT2D eigenvalue weighted by Gasteiger charge is -2.34. The highest BCUT2D eigenvalue weighted by Gasteiger charge is 2.28. The molecule has 0 bridgehead atoms. The van der Waals surface area contributed by atoms with E-state index in [0.29, 0.717) is 24.2 Å². The Morgan fingerprint density at radius 3 is 1.74 bits per heavy atom. The Hall–Kier alpha value is -0.0100. The smallest absolute Gasteiger partial charge is 0.268 e. The molecular weight excluding hydrogens is 453 g/mol. The number of phosphoric acid groups is 1. The van der Waals surface area contributed by atoms with E-state index in [1.54, 1.807) is 0 Å². The number of nitrogens with zero attached hydrogens (tertiary/aromatic N) is 1. The van der Waals surface area contributed by atoms with E-state index in [9.17, 15) is 9.46 Å². The average molecular weight is 508 g/mol. The molecule has 34 heavy (non-hydrogen) atoms. The molecule has 1 aliphatic heterocycles. The Labute approximate surface area is 210 Å². The standard InChI is InChI=1S/C26H54NO6P/c1-5-6-7-8-9-10-11-12-13-14-15-16-17-18-19-25-26(31-23-22-30-25)24-33-34(28,29)32-21-20-27(2,3)4/h25-26H,5-24H2,1-4H3/t25-,26-/m1/s1. The van der Waals surface area contributed by atoms with Crippen LogP contribution >= 0.6 is 7.82 Å². The minimum atomic E-state index is -4.33. The molecule has 0 N–H and O–H groups in total. The zero-order chi connectivity index (χ0) is 25.1. The van der Waals surface area contributed by atoms with Crippen molar-refractivity contribution in [1.29, 1.82) is 0 Å². The minimum absolute atomic E-state index is 0.0472. The van der Waals surface area contributed by atoms with Gasteiger partial charge in [0.1, 0.15) is 19.3 Å². The van der Waals surface area contributed by atoms with Gasteiger partial charge in [0, 0.05) is 0 Å². The third-order valence-electron chi connectivity index (χ3n) is 6.41. The van der Waals surface area contributed by atoms with Crippen molar-refractivity contribution in [2.75, 3.05) is 54.1 Å². The number of phosphoric ester groups is 1. The summed E-state index contributed by atoms with van der Waals surface area (Å²) < 4.78 is 34.4. The Kier molecular flexibility index (Phi) is 18.0. The maximum atomic E-state index is 12.0. The molecule has 0 radical (unpaired) electrons. The molecule has 1 rings (SSSR count). The molecule has 0 saturated carbocycles. The van der Waals surface area contributed by atoms with Crippen molar-refractivity contribution >= 4 is 7.82 Å². The first-order chi connectivity index (χ1) is 16.2. The second-order valence-corrected chi connectivity index (χ2v) is 12.2. The fourth-order valence-corrected chi connectivity index (χ4v) is 4.92. The molecule has 1 aliphatic rings. The van der Waals surface area contributed by atoms with Crippen molar-refractivity contribution in [3.05, 3.63) is 0 Å². The number of hydrogen-bond acceptors (Lipinski definition) is 6. The van der Waals surface area contributed by atoms with Crippen molar-refractivity contribution in [2.45, 2.75) is 115 Å². The van der Waals surface area contributed by atoms with Crippen LogP contribution in [0.15, 0.2) is 0 Å². The number of ether oxygens (including phenoxy) is 2. The zero-order valence-electron chi connectivity index (χ0n) is 22.6. The Balaban J connectivity index is 2.06. The number of unbranched alkanes of at least 4 members (excludes halogenated alkanes) is 13. The van der Waals surface area contributed by atoms with E-state index >= 15 is 0 Å². The van der Waals surface area contributed by atoms with Gasteiger partial charge in [-0.05, 0) is 6.42 Å². The van der Waals surface area contributed by atoms with Crippen molar-refractivity contribution in [1.82, 2.24) is 0 Å². The maximum absolute atomic E-state index is 12.0. The minimum Gasteiger partial charge on any atom is -0.756 e. The van der Waals surface area contributed by atoms with Crippen LogP contribution in [0.25, 0.3) is 0 Å². The van der Waals surface area contributed by atoms with E-state index in [-0.39, 0.29) is 25.4 Å². The molecule has 1 saturated heterocycles. The molecule has 0 spiro atoms. The first-order valence-corrected chi connectivity index (χ1v) is 15.3. The van der Waals surface area contributed by atoms with Crippen molar-refractivity contribution in [3.8, 4) is 0 Å². The normalized spacial score (nSPS) is 21.0. The highest BCUT2D eigenvalue weighted by Crippen LogP contribution is 2.39. The van der Waals surface area contributed by atoms with Gasteiger partial charge in [-0.3, -0.25) is 4.57 Å². The summed E-state index contributed by atoms with van der Waals surface area (Å²) in [4.78, 5) is 12.0. The zero-order valence-corrected chi connectivity index (χ0v) is 23.5. The summed E-state index contributed by atoms with van der Waals surface area (Å²) in [5.41, 5.74) is 0. The lowest BCUT2D eigenvalue weighted by molar-refractivity contribution is -0.870. The van der Waals surface area contributed by atoms with Crippen molar-refractivity contribution < 1.29 is 32.5 Å². The second-order valence-electron chi connectivity index (χ2n) is 10.8. The Bertz CT molecular complexity index is 528. The summed E-state index contributed by atoms with van der Waals surface area (Å²) in [7, 11) is 1.61. The molecule has 0 aromatic rings. The number of quaternary nitrogens is 1. The predicted molar refractivity (Wildman–Crippen MR) is 137 cm³/mol. The summed E-state index contributed by atoms with van der Waals surface area (Å²) >= 11 is 0. The summed E-state index contributed by atoms with van der Waals surface area (Å²) in [5.74, 6) is 0. The highest BCUT2D eigenvalue weighted by molar-refractivity contribution is 7.45. The molecule has 3 atom stereocenters. The summed E-state index contributed by atoms with van der Waals surface area (Å²) in [6, 6.07) is 0. The van der Waals surface area contributed by atoms with E-state index in [4.69, 9.17) is 18.5 Å². The molecule has 7 nitrogen and oxygen atoms in total. The number of likely N-dealkylation sites (N-methyl/N-ethyl adjacent to an activating group) is 1. The van der Waals surface area contributed by atoms with Crippen LogP contribution in [-0.4, -0.2) is 70.8 Å². The molecule has 8 heteroatoms. The molecule has 0 aromatic heterocycles. The largest absolute Gasteiger partial charge is 0.756 e. The van der Waals surface area contributed by atoms with Gasteiger partial charge in [-0.15, -0.1) is 0 Å². The summed E-state index contributed by atoms with van der Waals surface area (Å²) in [5, 5.41) is 0. The molecule has 1 unspecified atom stereocenters. The first kappa shape index (κ1) is 32.0. The van der Waals surface area contributed by atoms with Gasteiger partial charge in [-0.1, -0.05) is 96.8 Å². The van der Waals surface area contributed by atoms with E-state index in [1.807, 2.05) is 21.1 Å². The topological polar surface area (TPSA) is 77.1 Å². The summed E-state index contributed by atoms with van der Waals surface area (Å²) in [6.45, 7) is 3.93. The Morgan fingerprint density at radius 1 is 0.765 bits per heavy atom.